The molecule has 1 aliphatic carbocycles. The van der Waals surface area contributed by atoms with E-state index >= 15 is 0 Å². The number of aliphatic hydroxyl groups is 1. The number of sulfone groups is 1. The molecule has 0 heterocycles. The van der Waals surface area contributed by atoms with Crippen LogP contribution in [0.2, 0.25) is 0 Å². The second-order valence-corrected chi connectivity index (χ2v) is 6.50. The number of rotatable bonds is 3. The number of hydrogen-bond acceptors (Lipinski definition) is 3. The Morgan fingerprint density at radius 3 is 2.47 bits per heavy atom. The van der Waals surface area contributed by atoms with E-state index in [0.717, 1.165) is 12.0 Å². The first kappa shape index (κ1) is 12.3. The molecule has 0 amide bonds. The molecule has 0 aliphatic heterocycles. The Morgan fingerprint density at radius 1 is 1.29 bits per heavy atom. The highest BCUT2D eigenvalue weighted by molar-refractivity contribution is 7.91. The van der Waals surface area contributed by atoms with Crippen molar-refractivity contribution in [3.63, 3.8) is 0 Å². The second kappa shape index (κ2) is 4.63. The number of hydrogen-bond donors (Lipinski definition) is 1. The molecule has 3 nitrogen and oxygen atoms in total. The molecule has 0 bridgehead atoms. The van der Waals surface area contributed by atoms with Crippen molar-refractivity contribution in [3.05, 3.63) is 42.5 Å². The first-order valence-corrected chi connectivity index (χ1v) is 7.29. The van der Waals surface area contributed by atoms with Gasteiger partial charge in [0.15, 0.2) is 9.84 Å². The minimum absolute atomic E-state index is 0.0446. The van der Waals surface area contributed by atoms with Gasteiger partial charge < -0.3 is 5.11 Å². The number of aliphatic hydroxyl groups excluding tert-OH is 1. The van der Waals surface area contributed by atoms with E-state index in [0.29, 0.717) is 11.3 Å². The van der Waals surface area contributed by atoms with Crippen LogP contribution >= 0.6 is 0 Å². The van der Waals surface area contributed by atoms with Gasteiger partial charge in [-0.25, -0.2) is 8.42 Å². The molecule has 0 unspecified atom stereocenters. The van der Waals surface area contributed by atoms with E-state index < -0.39 is 15.9 Å². The van der Waals surface area contributed by atoms with Crippen molar-refractivity contribution in [1.82, 2.24) is 0 Å². The molecule has 1 aliphatic rings. The van der Waals surface area contributed by atoms with E-state index in [-0.39, 0.29) is 11.7 Å². The summed E-state index contributed by atoms with van der Waals surface area (Å²) in [5.41, 5.74) is 0.844. The third kappa shape index (κ3) is 2.58. The Balaban J connectivity index is 2.21. The number of benzene rings is 1. The van der Waals surface area contributed by atoms with Crippen LogP contribution in [0.3, 0.4) is 0 Å². The van der Waals surface area contributed by atoms with Gasteiger partial charge in [0.1, 0.15) is 0 Å². The molecular weight excluding hydrogens is 236 g/mol. The van der Waals surface area contributed by atoms with Crippen LogP contribution in [0.4, 0.5) is 0 Å². The lowest BCUT2D eigenvalue weighted by Gasteiger charge is -2.15. The van der Waals surface area contributed by atoms with Crippen LogP contribution in [0.1, 0.15) is 12.8 Å². The van der Waals surface area contributed by atoms with Gasteiger partial charge >= 0.3 is 0 Å². The highest BCUT2D eigenvalue weighted by atomic mass is 32.2. The molecule has 17 heavy (non-hydrogen) atoms. The standard InChI is InChI=1S/C13H16O3S/c1-10-7-8-13(14)12(10)9-17(15,16)11-5-3-2-4-6-11/h2-6,12-14H,1,7-9H2/t12-,13-/m1/s1. The molecule has 0 aromatic heterocycles. The maximum atomic E-state index is 12.1. The fourth-order valence-electron chi connectivity index (χ4n) is 2.18. The molecule has 1 saturated carbocycles. The van der Waals surface area contributed by atoms with Crippen LogP contribution in [0.5, 0.6) is 0 Å². The van der Waals surface area contributed by atoms with Crippen LogP contribution in [0, 0.1) is 5.92 Å². The largest absolute Gasteiger partial charge is 0.392 e. The maximum Gasteiger partial charge on any atom is 0.179 e. The van der Waals surface area contributed by atoms with E-state index in [4.69, 9.17) is 0 Å². The van der Waals surface area contributed by atoms with Crippen molar-refractivity contribution in [1.29, 1.82) is 0 Å². The Kier molecular flexibility index (Phi) is 3.35. The minimum atomic E-state index is -3.33. The minimum Gasteiger partial charge on any atom is -0.392 e. The van der Waals surface area contributed by atoms with E-state index in [9.17, 15) is 13.5 Å². The maximum absolute atomic E-state index is 12.1. The zero-order valence-electron chi connectivity index (χ0n) is 9.54. The Morgan fingerprint density at radius 2 is 1.94 bits per heavy atom. The predicted octanol–water partition coefficient (Wildman–Crippen LogP) is 1.79. The van der Waals surface area contributed by atoms with E-state index in [1.807, 2.05) is 0 Å². The summed E-state index contributed by atoms with van der Waals surface area (Å²) in [6.07, 6.45) is 0.769. The summed E-state index contributed by atoms with van der Waals surface area (Å²) in [5, 5.41) is 9.74. The summed E-state index contributed by atoms with van der Waals surface area (Å²) in [5.74, 6) is -0.364. The highest BCUT2D eigenvalue weighted by Crippen LogP contribution is 2.32. The fourth-order valence-corrected chi connectivity index (χ4v) is 3.88. The Hall–Kier alpha value is -1.13. The van der Waals surface area contributed by atoms with Gasteiger partial charge in [-0.15, -0.1) is 0 Å². The summed E-state index contributed by atoms with van der Waals surface area (Å²) in [6, 6.07) is 8.35. The zero-order valence-corrected chi connectivity index (χ0v) is 10.4. The van der Waals surface area contributed by atoms with Crippen molar-refractivity contribution >= 4 is 9.84 Å². The van der Waals surface area contributed by atoms with E-state index in [1.54, 1.807) is 30.3 Å². The van der Waals surface area contributed by atoms with Crippen molar-refractivity contribution < 1.29 is 13.5 Å². The molecule has 4 heteroatoms. The molecule has 0 spiro atoms. The van der Waals surface area contributed by atoms with Gasteiger partial charge in [-0.2, -0.15) is 0 Å². The monoisotopic (exact) mass is 252 g/mol. The van der Waals surface area contributed by atoms with Gasteiger partial charge in [0.2, 0.25) is 0 Å². The smallest absolute Gasteiger partial charge is 0.179 e. The molecule has 2 atom stereocenters. The highest BCUT2D eigenvalue weighted by Gasteiger charge is 2.33. The summed E-state index contributed by atoms with van der Waals surface area (Å²) < 4.78 is 24.3. The Labute approximate surface area is 102 Å². The van der Waals surface area contributed by atoms with Crippen molar-refractivity contribution in [2.75, 3.05) is 5.75 Å². The molecule has 1 aromatic carbocycles. The van der Waals surface area contributed by atoms with Gasteiger partial charge in [0.05, 0.1) is 16.8 Å². The molecule has 92 valence electrons. The molecule has 1 fully saturated rings. The topological polar surface area (TPSA) is 54.4 Å². The molecular formula is C13H16O3S. The van der Waals surface area contributed by atoms with Gasteiger partial charge in [-0.05, 0) is 25.0 Å². The first-order chi connectivity index (χ1) is 8.00. The van der Waals surface area contributed by atoms with Crippen molar-refractivity contribution in [3.8, 4) is 0 Å². The van der Waals surface area contributed by atoms with Crippen molar-refractivity contribution in [2.24, 2.45) is 5.92 Å². The fraction of sp³-hybridized carbons (Fsp3) is 0.385. The molecule has 0 radical (unpaired) electrons. The first-order valence-electron chi connectivity index (χ1n) is 5.64. The lowest BCUT2D eigenvalue weighted by atomic mass is 10.1. The molecule has 0 saturated heterocycles. The summed E-state index contributed by atoms with van der Waals surface area (Å²) >= 11 is 0. The zero-order chi connectivity index (χ0) is 12.5. The SMILES string of the molecule is C=C1CC[C@@H](O)[C@@H]1CS(=O)(=O)c1ccccc1. The summed E-state index contributed by atoms with van der Waals surface area (Å²) in [4.78, 5) is 0.312. The average molecular weight is 252 g/mol. The van der Waals surface area contributed by atoms with Crippen LogP contribution in [-0.4, -0.2) is 25.4 Å². The summed E-state index contributed by atoms with van der Waals surface area (Å²) in [7, 11) is -3.33. The van der Waals surface area contributed by atoms with Gasteiger partial charge in [0.25, 0.3) is 0 Å². The van der Waals surface area contributed by atoms with Gasteiger partial charge in [0, 0.05) is 5.92 Å². The quantitative estimate of drug-likeness (QED) is 0.834. The van der Waals surface area contributed by atoms with Crippen LogP contribution in [-0.2, 0) is 9.84 Å². The average Bonchev–Trinajstić information content (AvgIpc) is 2.62. The third-order valence-electron chi connectivity index (χ3n) is 3.25. The van der Waals surface area contributed by atoms with Crippen LogP contribution in [0.15, 0.2) is 47.4 Å². The Bertz CT molecular complexity index is 505. The summed E-state index contributed by atoms with van der Waals surface area (Å²) in [6.45, 7) is 3.84. The lowest BCUT2D eigenvalue weighted by Crippen LogP contribution is -2.24. The predicted molar refractivity (Wildman–Crippen MR) is 66.4 cm³/mol. The van der Waals surface area contributed by atoms with Crippen LogP contribution < -0.4 is 0 Å². The second-order valence-electron chi connectivity index (χ2n) is 4.47. The van der Waals surface area contributed by atoms with E-state index in [1.165, 1.54) is 0 Å². The third-order valence-corrected chi connectivity index (χ3v) is 5.04. The van der Waals surface area contributed by atoms with Crippen molar-refractivity contribution in [2.45, 2.75) is 23.8 Å². The molecule has 1 N–H and O–H groups in total. The van der Waals surface area contributed by atoms with Crippen LogP contribution in [0.25, 0.3) is 0 Å². The van der Waals surface area contributed by atoms with Gasteiger partial charge in [-0.3, -0.25) is 0 Å². The van der Waals surface area contributed by atoms with Gasteiger partial charge in [-0.1, -0.05) is 30.4 Å². The normalized spacial score (nSPS) is 25.1. The molecule has 1 aromatic rings. The lowest BCUT2D eigenvalue weighted by molar-refractivity contribution is 0.150. The van der Waals surface area contributed by atoms with E-state index in [2.05, 4.69) is 6.58 Å². The molecule has 2 rings (SSSR count).